The molecule has 0 amide bonds. The van der Waals surface area contributed by atoms with E-state index in [1.807, 2.05) is 7.05 Å². The number of aliphatic imine (C=N–C) groups is 1. The third-order valence-electron chi connectivity index (χ3n) is 4.72. The number of rotatable bonds is 5. The molecule has 0 radical (unpaired) electrons. The monoisotopic (exact) mass is 509 g/mol. The van der Waals surface area contributed by atoms with E-state index in [-0.39, 0.29) is 29.4 Å². The smallest absolute Gasteiger partial charge is 0.191 e. The summed E-state index contributed by atoms with van der Waals surface area (Å²) in [6.45, 7) is 6.84. The molecule has 1 aliphatic heterocycles. The quantitative estimate of drug-likeness (QED) is 0.357. The summed E-state index contributed by atoms with van der Waals surface area (Å²) in [6, 6.07) is 9.11. The van der Waals surface area contributed by atoms with E-state index in [1.54, 1.807) is 0 Å². The first kappa shape index (κ1) is 21.7. The first-order chi connectivity index (χ1) is 11.1. The molecule has 4 nitrogen and oxygen atoms in total. The molecule has 1 heterocycles. The Bertz CT molecular complexity index is 516. The van der Waals surface area contributed by atoms with Gasteiger partial charge in [-0.25, -0.2) is 0 Å². The molecule has 1 aliphatic rings. The molecule has 1 saturated heterocycles. The predicted octanol–water partition coefficient (Wildman–Crippen LogP) is 4.08. The molecule has 0 aromatic heterocycles. The molecule has 0 saturated carbocycles. The number of ether oxygens (including phenoxy) is 1. The van der Waals surface area contributed by atoms with Crippen LogP contribution in [0.15, 0.2) is 33.7 Å². The van der Waals surface area contributed by atoms with E-state index in [4.69, 9.17) is 4.74 Å². The average molecular weight is 510 g/mol. The van der Waals surface area contributed by atoms with Crippen LogP contribution < -0.4 is 10.6 Å². The van der Waals surface area contributed by atoms with E-state index >= 15 is 0 Å². The first-order valence-corrected chi connectivity index (χ1v) is 9.20. The first-order valence-electron chi connectivity index (χ1n) is 8.40. The lowest BCUT2D eigenvalue weighted by molar-refractivity contribution is 0.0513. The van der Waals surface area contributed by atoms with Gasteiger partial charge in [-0.3, -0.25) is 4.99 Å². The van der Waals surface area contributed by atoms with Crippen molar-refractivity contribution in [2.24, 2.45) is 4.99 Å². The number of halogens is 2. The minimum atomic E-state index is 0. The second-order valence-corrected chi connectivity index (χ2v) is 7.19. The van der Waals surface area contributed by atoms with Gasteiger partial charge in [0.05, 0.1) is 0 Å². The van der Waals surface area contributed by atoms with Gasteiger partial charge in [-0.2, -0.15) is 0 Å². The van der Waals surface area contributed by atoms with Crippen LogP contribution in [0.2, 0.25) is 0 Å². The Morgan fingerprint density at radius 2 is 1.92 bits per heavy atom. The van der Waals surface area contributed by atoms with Gasteiger partial charge in [0.1, 0.15) is 0 Å². The fraction of sp³-hybridized carbons (Fsp3) is 0.611. The number of guanidine groups is 1. The minimum absolute atomic E-state index is 0. The molecule has 24 heavy (non-hydrogen) atoms. The maximum atomic E-state index is 5.60. The molecule has 136 valence electrons. The number of hydrogen-bond donors (Lipinski definition) is 2. The minimum Gasteiger partial charge on any atom is -0.381 e. The van der Waals surface area contributed by atoms with Crippen LogP contribution in [0.25, 0.3) is 0 Å². The highest BCUT2D eigenvalue weighted by molar-refractivity contribution is 14.0. The van der Waals surface area contributed by atoms with Gasteiger partial charge < -0.3 is 15.4 Å². The molecule has 1 atom stereocenters. The van der Waals surface area contributed by atoms with Gasteiger partial charge in [0, 0.05) is 42.7 Å². The van der Waals surface area contributed by atoms with E-state index in [9.17, 15) is 0 Å². The van der Waals surface area contributed by atoms with E-state index in [0.29, 0.717) is 6.04 Å². The number of nitrogens with zero attached hydrogens (tertiary/aromatic N) is 1. The van der Waals surface area contributed by atoms with E-state index in [2.05, 4.69) is 69.7 Å². The van der Waals surface area contributed by atoms with Crippen molar-refractivity contribution in [2.75, 3.05) is 26.8 Å². The van der Waals surface area contributed by atoms with Gasteiger partial charge in [0.2, 0.25) is 0 Å². The summed E-state index contributed by atoms with van der Waals surface area (Å²) < 4.78 is 6.72. The molecule has 0 spiro atoms. The highest BCUT2D eigenvalue weighted by Crippen LogP contribution is 2.34. The molecule has 1 fully saturated rings. The second kappa shape index (κ2) is 10.6. The van der Waals surface area contributed by atoms with Crippen molar-refractivity contribution in [1.82, 2.24) is 10.6 Å². The second-order valence-electron chi connectivity index (χ2n) is 6.28. The molecular formula is C18H29BrIN3O. The Morgan fingerprint density at radius 3 is 2.46 bits per heavy atom. The lowest BCUT2D eigenvalue weighted by atomic mass is 9.74. The number of hydrogen-bond acceptors (Lipinski definition) is 2. The molecule has 0 aliphatic carbocycles. The highest BCUT2D eigenvalue weighted by Gasteiger charge is 2.34. The van der Waals surface area contributed by atoms with Crippen LogP contribution >= 0.6 is 39.9 Å². The van der Waals surface area contributed by atoms with Crippen molar-refractivity contribution in [2.45, 2.75) is 44.6 Å². The summed E-state index contributed by atoms with van der Waals surface area (Å²) in [7, 11) is 1.83. The van der Waals surface area contributed by atoms with E-state index in [0.717, 1.165) is 49.5 Å². The SMILES string of the molecule is CCC(C)NC(=NC)NCC1(c2ccc(Br)cc2)CCOCC1.I. The normalized spacial score (nSPS) is 18.4. The summed E-state index contributed by atoms with van der Waals surface area (Å²) in [6.07, 6.45) is 3.14. The Hall–Kier alpha value is -0.340. The summed E-state index contributed by atoms with van der Waals surface area (Å²) in [4.78, 5) is 4.35. The van der Waals surface area contributed by atoms with Crippen LogP contribution in [0.5, 0.6) is 0 Å². The maximum absolute atomic E-state index is 5.60. The highest BCUT2D eigenvalue weighted by atomic mass is 127. The van der Waals surface area contributed by atoms with E-state index in [1.165, 1.54) is 5.56 Å². The molecule has 6 heteroatoms. The third kappa shape index (κ3) is 5.88. The zero-order valence-corrected chi connectivity index (χ0v) is 18.7. The number of nitrogens with one attached hydrogen (secondary N) is 2. The molecule has 1 aromatic rings. The van der Waals surface area contributed by atoms with Crippen molar-refractivity contribution < 1.29 is 4.74 Å². The summed E-state index contributed by atoms with van der Waals surface area (Å²) >= 11 is 3.53. The summed E-state index contributed by atoms with van der Waals surface area (Å²) in [5.74, 6) is 0.877. The van der Waals surface area contributed by atoms with Crippen molar-refractivity contribution >= 4 is 45.9 Å². The fourth-order valence-corrected chi connectivity index (χ4v) is 3.18. The zero-order valence-electron chi connectivity index (χ0n) is 14.8. The summed E-state index contributed by atoms with van der Waals surface area (Å²) in [5.41, 5.74) is 1.47. The van der Waals surface area contributed by atoms with Crippen molar-refractivity contribution in [3.63, 3.8) is 0 Å². The number of benzene rings is 1. The maximum Gasteiger partial charge on any atom is 0.191 e. The van der Waals surface area contributed by atoms with Gasteiger partial charge in [0.15, 0.2) is 5.96 Å². The average Bonchev–Trinajstić information content (AvgIpc) is 2.59. The van der Waals surface area contributed by atoms with Crippen LogP contribution in [0, 0.1) is 0 Å². The lowest BCUT2D eigenvalue weighted by Gasteiger charge is -2.38. The van der Waals surface area contributed by atoms with Gasteiger partial charge in [-0.1, -0.05) is 35.0 Å². The Morgan fingerprint density at radius 1 is 1.29 bits per heavy atom. The van der Waals surface area contributed by atoms with Gasteiger partial charge in [-0.15, -0.1) is 24.0 Å². The van der Waals surface area contributed by atoms with Crippen LogP contribution in [0.4, 0.5) is 0 Å². The molecule has 0 bridgehead atoms. The van der Waals surface area contributed by atoms with Gasteiger partial charge >= 0.3 is 0 Å². The lowest BCUT2D eigenvalue weighted by Crippen LogP contribution is -2.49. The molecule has 1 aromatic carbocycles. The van der Waals surface area contributed by atoms with Gasteiger partial charge in [0.25, 0.3) is 0 Å². The van der Waals surface area contributed by atoms with Crippen molar-refractivity contribution in [3.8, 4) is 0 Å². The van der Waals surface area contributed by atoms with Gasteiger partial charge in [-0.05, 0) is 43.9 Å². The Kier molecular flexibility index (Phi) is 9.59. The van der Waals surface area contributed by atoms with Crippen LogP contribution in [0.1, 0.15) is 38.7 Å². The van der Waals surface area contributed by atoms with Crippen LogP contribution in [0.3, 0.4) is 0 Å². The molecular weight excluding hydrogens is 481 g/mol. The van der Waals surface area contributed by atoms with E-state index < -0.39 is 0 Å². The predicted molar refractivity (Wildman–Crippen MR) is 116 cm³/mol. The van der Waals surface area contributed by atoms with Crippen molar-refractivity contribution in [1.29, 1.82) is 0 Å². The summed E-state index contributed by atoms with van der Waals surface area (Å²) in [5, 5.41) is 6.96. The topological polar surface area (TPSA) is 45.7 Å². The Labute approximate surface area is 171 Å². The van der Waals surface area contributed by atoms with Crippen LogP contribution in [-0.4, -0.2) is 38.8 Å². The molecule has 1 unspecified atom stereocenters. The standard InChI is InChI=1S/C18H28BrN3O.HI/c1-4-14(2)22-17(20-3)21-13-18(9-11-23-12-10-18)15-5-7-16(19)8-6-15;/h5-8,14H,4,9-13H2,1-3H3,(H2,20,21,22);1H. The molecule has 2 N–H and O–H groups in total. The fourth-order valence-electron chi connectivity index (χ4n) is 2.92. The van der Waals surface area contributed by atoms with Crippen LogP contribution in [-0.2, 0) is 10.2 Å². The molecule has 2 rings (SSSR count). The van der Waals surface area contributed by atoms with Crippen molar-refractivity contribution in [3.05, 3.63) is 34.3 Å². The zero-order chi connectivity index (χ0) is 16.7. The largest absolute Gasteiger partial charge is 0.381 e. The Balaban J connectivity index is 0.00000288. The third-order valence-corrected chi connectivity index (χ3v) is 5.25.